The van der Waals surface area contributed by atoms with Crippen molar-refractivity contribution in [1.29, 1.82) is 0 Å². The average Bonchev–Trinajstić information content (AvgIpc) is 2.64. The van der Waals surface area contributed by atoms with Crippen LogP contribution in [0, 0.1) is 17.4 Å². The normalized spacial score (nSPS) is 12.6. The predicted octanol–water partition coefficient (Wildman–Crippen LogP) is 6.63. The molecular formula is C24H38O2Si. The maximum absolute atomic E-state index is 5.77. The first-order chi connectivity index (χ1) is 12.9. The van der Waals surface area contributed by atoms with Crippen molar-refractivity contribution in [3.8, 4) is 17.2 Å². The highest BCUT2D eigenvalue weighted by molar-refractivity contribution is 6.83. The molecule has 3 heteroatoms. The first-order valence-corrected chi connectivity index (χ1v) is 13.8. The maximum atomic E-state index is 5.77. The summed E-state index contributed by atoms with van der Waals surface area (Å²) in [5.41, 5.74) is 4.72. The standard InChI is InChI=1S/C24H38O2Si/c1-6-7-9-12-22(18-20-27(3,4)5)13-10-8-11-19-26-21-23-14-16-24(25-2)17-15-23/h10,13-17,22H,6-9,11-12,19,21H2,1-5H3/b13-10+/t22-/m1/s1. The number of unbranched alkanes of at least 4 members (excludes halogenated alkanes) is 3. The number of ether oxygens (including phenoxy) is 2. The molecule has 0 aliphatic heterocycles. The lowest BCUT2D eigenvalue weighted by atomic mass is 10.0. The third-order valence-corrected chi connectivity index (χ3v) is 5.10. The monoisotopic (exact) mass is 386 g/mol. The molecule has 0 aliphatic rings. The quantitative estimate of drug-likeness (QED) is 0.174. The zero-order valence-corrected chi connectivity index (χ0v) is 19.0. The molecule has 0 saturated heterocycles. The van der Waals surface area contributed by atoms with E-state index in [9.17, 15) is 0 Å². The van der Waals surface area contributed by atoms with E-state index in [0.29, 0.717) is 12.5 Å². The van der Waals surface area contributed by atoms with Crippen LogP contribution in [0.3, 0.4) is 0 Å². The Morgan fingerprint density at radius 1 is 1.07 bits per heavy atom. The van der Waals surface area contributed by atoms with E-state index >= 15 is 0 Å². The number of benzene rings is 1. The highest BCUT2D eigenvalue weighted by Gasteiger charge is 2.09. The Morgan fingerprint density at radius 3 is 2.44 bits per heavy atom. The van der Waals surface area contributed by atoms with Gasteiger partial charge in [-0.25, -0.2) is 0 Å². The van der Waals surface area contributed by atoms with Crippen molar-refractivity contribution < 1.29 is 9.47 Å². The van der Waals surface area contributed by atoms with Crippen LogP contribution in [0.15, 0.2) is 36.4 Å². The van der Waals surface area contributed by atoms with Crippen molar-refractivity contribution >= 4 is 8.07 Å². The Balaban J connectivity index is 2.30. The second kappa shape index (κ2) is 13.6. The van der Waals surface area contributed by atoms with Crippen LogP contribution in [0.25, 0.3) is 0 Å². The molecule has 0 saturated carbocycles. The summed E-state index contributed by atoms with van der Waals surface area (Å²) in [4.78, 5) is 0. The van der Waals surface area contributed by atoms with Crippen molar-refractivity contribution in [1.82, 2.24) is 0 Å². The number of hydrogen-bond donors (Lipinski definition) is 0. The van der Waals surface area contributed by atoms with E-state index in [1.807, 2.05) is 12.1 Å². The third kappa shape index (κ3) is 12.5. The van der Waals surface area contributed by atoms with Gasteiger partial charge in [-0.1, -0.05) is 70.1 Å². The number of hydrogen-bond acceptors (Lipinski definition) is 2. The molecule has 27 heavy (non-hydrogen) atoms. The Kier molecular flexibility index (Phi) is 11.9. The molecule has 1 aromatic rings. The van der Waals surface area contributed by atoms with Gasteiger partial charge in [0.2, 0.25) is 0 Å². The van der Waals surface area contributed by atoms with Gasteiger partial charge in [0.05, 0.1) is 13.7 Å². The zero-order valence-electron chi connectivity index (χ0n) is 18.0. The third-order valence-electron chi connectivity index (χ3n) is 4.21. The summed E-state index contributed by atoms with van der Waals surface area (Å²) < 4.78 is 10.9. The summed E-state index contributed by atoms with van der Waals surface area (Å²) in [5.74, 6) is 4.84. The van der Waals surface area contributed by atoms with Crippen LogP contribution >= 0.6 is 0 Å². The molecule has 0 bridgehead atoms. The van der Waals surface area contributed by atoms with Crippen LogP contribution < -0.4 is 4.74 Å². The maximum Gasteiger partial charge on any atom is 0.129 e. The summed E-state index contributed by atoms with van der Waals surface area (Å²) in [6.45, 7) is 10.6. The van der Waals surface area contributed by atoms with Gasteiger partial charge >= 0.3 is 0 Å². The number of rotatable bonds is 12. The van der Waals surface area contributed by atoms with Gasteiger partial charge in [0.25, 0.3) is 0 Å². The van der Waals surface area contributed by atoms with E-state index < -0.39 is 8.07 Å². The Hall–Kier alpha value is -1.50. The molecule has 0 unspecified atom stereocenters. The van der Waals surface area contributed by atoms with Crippen molar-refractivity contribution in [3.05, 3.63) is 42.0 Å². The van der Waals surface area contributed by atoms with E-state index in [1.165, 1.54) is 31.2 Å². The van der Waals surface area contributed by atoms with Crippen LogP contribution in [0.1, 0.15) is 51.0 Å². The summed E-state index contributed by atoms with van der Waals surface area (Å²) in [7, 11) is 0.391. The fourth-order valence-corrected chi connectivity index (χ4v) is 3.23. The smallest absolute Gasteiger partial charge is 0.129 e. The summed E-state index contributed by atoms with van der Waals surface area (Å²) in [5, 5.41) is 0. The second-order valence-electron chi connectivity index (χ2n) is 8.09. The lowest BCUT2D eigenvalue weighted by Crippen LogP contribution is -2.16. The molecule has 0 N–H and O–H groups in total. The van der Waals surface area contributed by atoms with E-state index in [0.717, 1.165) is 25.2 Å². The molecule has 1 rings (SSSR count). The molecular weight excluding hydrogens is 348 g/mol. The van der Waals surface area contributed by atoms with Crippen LogP contribution in [0.2, 0.25) is 19.6 Å². The zero-order chi connectivity index (χ0) is 20.0. The Bertz CT molecular complexity index is 588. The molecule has 1 atom stereocenters. The Morgan fingerprint density at radius 2 is 1.81 bits per heavy atom. The van der Waals surface area contributed by atoms with Gasteiger partial charge in [0.15, 0.2) is 0 Å². The first kappa shape index (κ1) is 23.5. The first-order valence-electron chi connectivity index (χ1n) is 10.3. The largest absolute Gasteiger partial charge is 0.497 e. The van der Waals surface area contributed by atoms with E-state index in [4.69, 9.17) is 9.47 Å². The van der Waals surface area contributed by atoms with Crippen molar-refractivity contribution in [2.75, 3.05) is 13.7 Å². The molecule has 0 aromatic heterocycles. The fourth-order valence-electron chi connectivity index (χ4n) is 2.62. The van der Waals surface area contributed by atoms with Gasteiger partial charge < -0.3 is 9.47 Å². The summed E-state index contributed by atoms with van der Waals surface area (Å²) in [6, 6.07) is 8.05. The summed E-state index contributed by atoms with van der Waals surface area (Å²) in [6.07, 6.45) is 11.8. The van der Waals surface area contributed by atoms with Gasteiger partial charge in [0, 0.05) is 12.5 Å². The summed E-state index contributed by atoms with van der Waals surface area (Å²) >= 11 is 0. The topological polar surface area (TPSA) is 18.5 Å². The van der Waals surface area contributed by atoms with Gasteiger partial charge in [0.1, 0.15) is 13.8 Å². The van der Waals surface area contributed by atoms with E-state index in [2.05, 4.69) is 62.3 Å². The minimum Gasteiger partial charge on any atom is -0.497 e. The van der Waals surface area contributed by atoms with Crippen LogP contribution in [-0.2, 0) is 11.3 Å². The average molecular weight is 387 g/mol. The van der Waals surface area contributed by atoms with Gasteiger partial charge in [-0.05, 0) is 37.0 Å². The van der Waals surface area contributed by atoms with E-state index in [-0.39, 0.29) is 0 Å². The van der Waals surface area contributed by atoms with Crippen LogP contribution in [0.5, 0.6) is 5.75 Å². The number of allylic oxidation sites excluding steroid dienone is 2. The van der Waals surface area contributed by atoms with E-state index in [1.54, 1.807) is 7.11 Å². The molecule has 0 aliphatic carbocycles. The predicted molar refractivity (Wildman–Crippen MR) is 120 cm³/mol. The fraction of sp³-hybridized carbons (Fsp3) is 0.583. The SMILES string of the molecule is CCCCC[C@@H](C#C[Si](C)(C)C)/C=C/CCCOCc1ccc(OC)cc1. The van der Waals surface area contributed by atoms with Crippen molar-refractivity contribution in [3.63, 3.8) is 0 Å². The Labute approximate surface area is 168 Å². The second-order valence-corrected chi connectivity index (χ2v) is 12.8. The molecule has 0 heterocycles. The minimum atomic E-state index is -1.29. The molecule has 0 fully saturated rings. The molecule has 0 radical (unpaired) electrons. The molecule has 150 valence electrons. The van der Waals surface area contributed by atoms with Crippen molar-refractivity contribution in [2.24, 2.45) is 5.92 Å². The lowest BCUT2D eigenvalue weighted by molar-refractivity contribution is 0.119. The molecule has 0 amide bonds. The van der Waals surface area contributed by atoms with Gasteiger partial charge in [-0.3, -0.25) is 0 Å². The molecule has 1 aromatic carbocycles. The highest BCUT2D eigenvalue weighted by atomic mass is 28.3. The number of methoxy groups -OCH3 is 1. The molecule has 2 nitrogen and oxygen atoms in total. The van der Waals surface area contributed by atoms with Crippen molar-refractivity contribution in [2.45, 2.75) is 71.7 Å². The van der Waals surface area contributed by atoms with Crippen LogP contribution in [0.4, 0.5) is 0 Å². The minimum absolute atomic E-state index is 0.420. The molecule has 0 spiro atoms. The highest BCUT2D eigenvalue weighted by Crippen LogP contribution is 2.13. The lowest BCUT2D eigenvalue weighted by Gasteiger charge is -2.08. The van der Waals surface area contributed by atoms with Crippen LogP contribution in [-0.4, -0.2) is 21.8 Å². The van der Waals surface area contributed by atoms with Gasteiger partial charge in [-0.15, -0.1) is 11.5 Å². The van der Waals surface area contributed by atoms with Gasteiger partial charge in [-0.2, -0.15) is 0 Å².